The highest BCUT2D eigenvalue weighted by atomic mass is 16.5. The lowest BCUT2D eigenvalue weighted by atomic mass is 9.78. The molecule has 2 heterocycles. The Morgan fingerprint density at radius 2 is 2.00 bits per heavy atom. The van der Waals surface area contributed by atoms with Gasteiger partial charge < -0.3 is 15.8 Å². The summed E-state index contributed by atoms with van der Waals surface area (Å²) in [5.74, 6) is 0.570. The molecule has 1 spiro atoms. The average Bonchev–Trinajstić information content (AvgIpc) is 2.95. The molecule has 0 saturated heterocycles. The molecule has 1 aromatic heterocycles. The standard InChI is InChI=1S/C17H19N5O/c1-23-16-19-8-14(9-20-16)11-2-3-13-7-17(5-4-12(13)6-11)10-21-15(18)22-17/h2-3,6,8-9H,4-5,7,10H2,1H3,(H3,18,21,22). The molecule has 0 saturated carbocycles. The third kappa shape index (κ3) is 2.50. The Morgan fingerprint density at radius 1 is 1.17 bits per heavy atom. The molecule has 1 unspecified atom stereocenters. The van der Waals surface area contributed by atoms with E-state index in [1.807, 2.05) is 0 Å². The number of fused-ring (bicyclic) bond motifs is 1. The number of nitrogens with one attached hydrogen (secondary N) is 1. The Kier molecular flexibility index (Phi) is 3.18. The van der Waals surface area contributed by atoms with E-state index < -0.39 is 0 Å². The summed E-state index contributed by atoms with van der Waals surface area (Å²) >= 11 is 0. The predicted octanol–water partition coefficient (Wildman–Crippen LogP) is 1.30. The van der Waals surface area contributed by atoms with Crippen LogP contribution in [0.15, 0.2) is 35.6 Å². The van der Waals surface area contributed by atoms with Crippen molar-refractivity contribution < 1.29 is 4.74 Å². The van der Waals surface area contributed by atoms with Crippen LogP contribution in [-0.2, 0) is 12.8 Å². The fourth-order valence-corrected chi connectivity index (χ4v) is 3.43. The molecule has 1 aromatic carbocycles. The Bertz CT molecular complexity index is 771. The molecule has 0 bridgehead atoms. The molecule has 23 heavy (non-hydrogen) atoms. The first-order valence-electron chi connectivity index (χ1n) is 7.75. The summed E-state index contributed by atoms with van der Waals surface area (Å²) in [6.45, 7) is 0.840. The minimum absolute atomic E-state index is 0.0537. The van der Waals surface area contributed by atoms with Gasteiger partial charge in [0.15, 0.2) is 5.96 Å². The summed E-state index contributed by atoms with van der Waals surface area (Å²) in [6.07, 6.45) is 6.57. The maximum absolute atomic E-state index is 5.80. The summed E-state index contributed by atoms with van der Waals surface area (Å²) in [5, 5.41) is 3.16. The highest BCUT2D eigenvalue weighted by Crippen LogP contribution is 2.35. The van der Waals surface area contributed by atoms with Crippen molar-refractivity contribution in [3.8, 4) is 17.1 Å². The second-order valence-corrected chi connectivity index (χ2v) is 6.19. The first kappa shape index (κ1) is 14.0. The summed E-state index contributed by atoms with van der Waals surface area (Å²) in [4.78, 5) is 13.0. The molecule has 118 valence electrons. The number of hydrogen-bond acceptors (Lipinski definition) is 6. The molecular weight excluding hydrogens is 290 g/mol. The van der Waals surface area contributed by atoms with Crippen molar-refractivity contribution in [3.63, 3.8) is 0 Å². The molecule has 3 N–H and O–H groups in total. The van der Waals surface area contributed by atoms with Crippen LogP contribution in [0.2, 0.25) is 0 Å². The number of guanidine groups is 1. The van der Waals surface area contributed by atoms with Crippen molar-refractivity contribution in [2.45, 2.75) is 24.8 Å². The number of nitrogens with zero attached hydrogens (tertiary/aromatic N) is 3. The lowest BCUT2D eigenvalue weighted by molar-refractivity contribution is 0.380. The fraction of sp³-hybridized carbons (Fsp3) is 0.353. The molecule has 0 fully saturated rings. The second kappa shape index (κ2) is 5.22. The van der Waals surface area contributed by atoms with Crippen LogP contribution in [0.5, 0.6) is 6.01 Å². The van der Waals surface area contributed by atoms with E-state index in [0.29, 0.717) is 12.0 Å². The quantitative estimate of drug-likeness (QED) is 0.873. The summed E-state index contributed by atoms with van der Waals surface area (Å²) in [5.41, 5.74) is 10.6. The Hall–Kier alpha value is -2.63. The highest BCUT2D eigenvalue weighted by molar-refractivity contribution is 5.80. The van der Waals surface area contributed by atoms with Gasteiger partial charge in [-0.1, -0.05) is 18.2 Å². The molecular formula is C17H19N5O. The Labute approximate surface area is 134 Å². The minimum atomic E-state index is -0.0537. The zero-order valence-corrected chi connectivity index (χ0v) is 13.0. The van der Waals surface area contributed by atoms with Gasteiger partial charge in [-0.2, -0.15) is 0 Å². The fourth-order valence-electron chi connectivity index (χ4n) is 3.43. The van der Waals surface area contributed by atoms with Crippen molar-refractivity contribution in [3.05, 3.63) is 41.7 Å². The topological polar surface area (TPSA) is 85.4 Å². The number of methoxy groups -OCH3 is 1. The zero-order valence-electron chi connectivity index (χ0n) is 13.0. The number of aryl methyl sites for hydroxylation is 1. The van der Waals surface area contributed by atoms with Crippen LogP contribution in [0.4, 0.5) is 0 Å². The van der Waals surface area contributed by atoms with Crippen molar-refractivity contribution in [1.82, 2.24) is 15.3 Å². The first-order chi connectivity index (χ1) is 11.2. The number of aliphatic imine (C=N–C) groups is 1. The molecule has 0 amide bonds. The van der Waals surface area contributed by atoms with Gasteiger partial charge in [-0.25, -0.2) is 15.0 Å². The van der Waals surface area contributed by atoms with Crippen molar-refractivity contribution >= 4 is 5.96 Å². The molecule has 6 nitrogen and oxygen atoms in total. The molecule has 1 aliphatic heterocycles. The van der Waals surface area contributed by atoms with E-state index in [0.717, 1.165) is 36.9 Å². The number of rotatable bonds is 2. The van der Waals surface area contributed by atoms with Crippen LogP contribution in [0.1, 0.15) is 17.5 Å². The van der Waals surface area contributed by atoms with E-state index in [4.69, 9.17) is 10.5 Å². The van der Waals surface area contributed by atoms with Gasteiger partial charge in [-0.3, -0.25) is 0 Å². The average molecular weight is 309 g/mol. The number of aromatic nitrogens is 2. The minimum Gasteiger partial charge on any atom is -0.467 e. The van der Waals surface area contributed by atoms with Crippen LogP contribution in [0.25, 0.3) is 11.1 Å². The monoisotopic (exact) mass is 309 g/mol. The van der Waals surface area contributed by atoms with Crippen LogP contribution < -0.4 is 15.8 Å². The van der Waals surface area contributed by atoms with Gasteiger partial charge in [-0.05, 0) is 36.0 Å². The van der Waals surface area contributed by atoms with Gasteiger partial charge in [0.05, 0.1) is 12.6 Å². The number of benzene rings is 1. The third-order valence-electron chi connectivity index (χ3n) is 4.69. The van der Waals surface area contributed by atoms with Gasteiger partial charge in [0.1, 0.15) is 0 Å². The second-order valence-electron chi connectivity index (χ2n) is 6.19. The van der Waals surface area contributed by atoms with Crippen molar-refractivity contribution in [2.24, 2.45) is 10.7 Å². The third-order valence-corrected chi connectivity index (χ3v) is 4.69. The van der Waals surface area contributed by atoms with E-state index >= 15 is 0 Å². The molecule has 4 rings (SSSR count). The molecule has 0 radical (unpaired) electrons. The summed E-state index contributed by atoms with van der Waals surface area (Å²) in [7, 11) is 1.57. The van der Waals surface area contributed by atoms with Crippen LogP contribution >= 0.6 is 0 Å². The Balaban J connectivity index is 1.62. The molecule has 6 heteroatoms. The smallest absolute Gasteiger partial charge is 0.316 e. The van der Waals surface area contributed by atoms with E-state index in [2.05, 4.69) is 38.5 Å². The van der Waals surface area contributed by atoms with Crippen LogP contribution in [0, 0.1) is 0 Å². The maximum Gasteiger partial charge on any atom is 0.316 e. The number of ether oxygens (including phenoxy) is 1. The van der Waals surface area contributed by atoms with E-state index in [-0.39, 0.29) is 5.54 Å². The normalized spacial score (nSPS) is 22.4. The van der Waals surface area contributed by atoms with Gasteiger partial charge >= 0.3 is 6.01 Å². The lowest BCUT2D eigenvalue weighted by Gasteiger charge is -2.31. The van der Waals surface area contributed by atoms with Gasteiger partial charge in [0.2, 0.25) is 0 Å². The molecule has 1 aliphatic carbocycles. The van der Waals surface area contributed by atoms with Gasteiger partial charge in [0.25, 0.3) is 0 Å². The SMILES string of the molecule is COc1ncc(-c2ccc3c(c2)CCC2(CNC(N)=N2)C3)cn1. The van der Waals surface area contributed by atoms with E-state index in [1.54, 1.807) is 19.5 Å². The van der Waals surface area contributed by atoms with Gasteiger partial charge in [-0.15, -0.1) is 0 Å². The van der Waals surface area contributed by atoms with Crippen molar-refractivity contribution in [1.29, 1.82) is 0 Å². The van der Waals surface area contributed by atoms with Gasteiger partial charge in [0, 0.05) is 24.5 Å². The zero-order chi connectivity index (χ0) is 15.9. The predicted molar refractivity (Wildman–Crippen MR) is 88.4 cm³/mol. The number of hydrogen-bond donors (Lipinski definition) is 2. The molecule has 2 aliphatic rings. The van der Waals surface area contributed by atoms with Crippen LogP contribution in [0.3, 0.4) is 0 Å². The highest BCUT2D eigenvalue weighted by Gasteiger charge is 2.37. The molecule has 1 atom stereocenters. The first-order valence-corrected chi connectivity index (χ1v) is 7.75. The number of nitrogens with two attached hydrogens (primary N) is 1. The largest absolute Gasteiger partial charge is 0.467 e. The summed E-state index contributed by atoms with van der Waals surface area (Å²) < 4.78 is 5.01. The maximum atomic E-state index is 5.80. The van der Waals surface area contributed by atoms with Crippen molar-refractivity contribution in [2.75, 3.05) is 13.7 Å². The van der Waals surface area contributed by atoms with E-state index in [9.17, 15) is 0 Å². The summed E-state index contributed by atoms with van der Waals surface area (Å²) in [6, 6.07) is 6.94. The lowest BCUT2D eigenvalue weighted by Crippen LogP contribution is -2.38. The Morgan fingerprint density at radius 3 is 2.70 bits per heavy atom. The molecule has 2 aromatic rings. The van der Waals surface area contributed by atoms with E-state index in [1.165, 1.54) is 11.1 Å². The van der Waals surface area contributed by atoms with Crippen LogP contribution in [-0.4, -0.2) is 35.1 Å².